The SMILES string of the molecule is CC(C)C1=CC2=CCC3[C@](C)(CCC[C@]3(C)C(=O)N(C)C3CCCCC3)[C@@H]2CC1. The lowest BCUT2D eigenvalue weighted by Gasteiger charge is -2.58. The summed E-state index contributed by atoms with van der Waals surface area (Å²) in [5.74, 6) is 2.25. The lowest BCUT2D eigenvalue weighted by molar-refractivity contribution is -0.157. The van der Waals surface area contributed by atoms with Crippen molar-refractivity contribution >= 4 is 5.91 Å². The minimum Gasteiger partial charge on any atom is -0.342 e. The molecule has 2 saturated carbocycles. The number of rotatable bonds is 3. The highest BCUT2D eigenvalue weighted by Gasteiger charge is 2.57. The van der Waals surface area contributed by atoms with Crippen molar-refractivity contribution in [3.8, 4) is 0 Å². The van der Waals surface area contributed by atoms with E-state index in [1.165, 1.54) is 57.8 Å². The maximum atomic E-state index is 13.9. The number of hydrogen-bond acceptors (Lipinski definition) is 1. The minimum absolute atomic E-state index is 0.191. The van der Waals surface area contributed by atoms with Crippen molar-refractivity contribution in [3.05, 3.63) is 23.3 Å². The molecular weight excluding hydrogens is 354 g/mol. The van der Waals surface area contributed by atoms with Crippen LogP contribution in [0.4, 0.5) is 0 Å². The van der Waals surface area contributed by atoms with Gasteiger partial charge >= 0.3 is 0 Å². The summed E-state index contributed by atoms with van der Waals surface area (Å²) in [6, 6.07) is 0.474. The van der Waals surface area contributed by atoms with Crippen LogP contribution in [0, 0.1) is 28.6 Å². The van der Waals surface area contributed by atoms with Crippen LogP contribution in [0.25, 0.3) is 0 Å². The first-order valence-corrected chi connectivity index (χ1v) is 12.4. The maximum absolute atomic E-state index is 13.9. The first-order valence-electron chi connectivity index (χ1n) is 12.4. The van der Waals surface area contributed by atoms with Crippen molar-refractivity contribution in [1.29, 1.82) is 0 Å². The number of fused-ring (bicyclic) bond motifs is 3. The van der Waals surface area contributed by atoms with E-state index >= 15 is 0 Å². The molecule has 1 unspecified atom stereocenters. The van der Waals surface area contributed by atoms with E-state index in [-0.39, 0.29) is 10.8 Å². The van der Waals surface area contributed by atoms with Gasteiger partial charge in [0.1, 0.15) is 0 Å². The predicted octanol–water partition coefficient (Wildman–Crippen LogP) is 6.91. The van der Waals surface area contributed by atoms with Crippen molar-refractivity contribution in [2.45, 2.75) is 104 Å². The Bertz CT molecular complexity index is 697. The number of carbonyl (C=O) groups excluding carboxylic acids is 1. The van der Waals surface area contributed by atoms with Crippen LogP contribution in [0.3, 0.4) is 0 Å². The molecule has 2 heteroatoms. The van der Waals surface area contributed by atoms with Crippen molar-refractivity contribution in [2.75, 3.05) is 7.05 Å². The summed E-state index contributed by atoms with van der Waals surface area (Å²) in [5, 5.41) is 0. The highest BCUT2D eigenvalue weighted by Crippen LogP contribution is 2.62. The highest BCUT2D eigenvalue weighted by molar-refractivity contribution is 5.83. The van der Waals surface area contributed by atoms with Crippen molar-refractivity contribution in [1.82, 2.24) is 4.90 Å². The van der Waals surface area contributed by atoms with Gasteiger partial charge in [-0.15, -0.1) is 0 Å². The van der Waals surface area contributed by atoms with E-state index in [0.717, 1.165) is 12.8 Å². The van der Waals surface area contributed by atoms with Crippen LogP contribution in [0.15, 0.2) is 23.3 Å². The Kier molecular flexibility index (Phi) is 5.77. The largest absolute Gasteiger partial charge is 0.342 e. The van der Waals surface area contributed by atoms with E-state index in [2.05, 4.69) is 51.8 Å². The fourth-order valence-electron chi connectivity index (χ4n) is 7.64. The van der Waals surface area contributed by atoms with E-state index < -0.39 is 0 Å². The minimum atomic E-state index is -0.191. The topological polar surface area (TPSA) is 20.3 Å². The van der Waals surface area contributed by atoms with E-state index in [4.69, 9.17) is 0 Å². The van der Waals surface area contributed by atoms with E-state index in [1.807, 2.05) is 0 Å². The molecule has 4 aliphatic rings. The van der Waals surface area contributed by atoms with Crippen LogP contribution in [-0.2, 0) is 4.79 Å². The van der Waals surface area contributed by atoms with Gasteiger partial charge in [-0.1, -0.05) is 71.1 Å². The Morgan fingerprint density at radius 2 is 1.79 bits per heavy atom. The molecule has 0 heterocycles. The maximum Gasteiger partial charge on any atom is 0.228 e. The first-order chi connectivity index (χ1) is 13.8. The summed E-state index contributed by atoms with van der Waals surface area (Å²) < 4.78 is 0. The van der Waals surface area contributed by atoms with E-state index in [9.17, 15) is 4.79 Å². The molecule has 4 aliphatic carbocycles. The summed E-state index contributed by atoms with van der Waals surface area (Å²) in [7, 11) is 2.11. The highest BCUT2D eigenvalue weighted by atomic mass is 16.2. The molecule has 4 atom stereocenters. The second-order valence-corrected chi connectivity index (χ2v) is 11.4. The second kappa shape index (κ2) is 7.89. The van der Waals surface area contributed by atoms with Crippen LogP contribution in [-0.4, -0.2) is 23.9 Å². The van der Waals surface area contributed by atoms with Gasteiger partial charge in [0.15, 0.2) is 0 Å². The summed E-state index contributed by atoms with van der Waals surface area (Å²) >= 11 is 0. The lowest BCUT2D eigenvalue weighted by Crippen LogP contribution is -2.57. The fourth-order valence-corrected chi connectivity index (χ4v) is 7.64. The fraction of sp³-hybridized carbons (Fsp3) is 0.815. The van der Waals surface area contributed by atoms with Crippen molar-refractivity contribution in [3.63, 3.8) is 0 Å². The van der Waals surface area contributed by atoms with Crippen molar-refractivity contribution < 1.29 is 4.79 Å². The van der Waals surface area contributed by atoms with E-state index in [0.29, 0.717) is 29.7 Å². The molecule has 0 aromatic carbocycles. The Balaban J connectivity index is 1.62. The molecule has 0 aliphatic heterocycles. The predicted molar refractivity (Wildman–Crippen MR) is 122 cm³/mol. The van der Waals surface area contributed by atoms with Gasteiger partial charge in [0, 0.05) is 13.1 Å². The Labute approximate surface area is 179 Å². The van der Waals surface area contributed by atoms with Crippen LogP contribution in [0.2, 0.25) is 0 Å². The number of allylic oxidation sites excluding steroid dienone is 4. The molecule has 4 rings (SSSR count). The van der Waals surface area contributed by atoms with Gasteiger partial charge in [0.2, 0.25) is 5.91 Å². The lowest BCUT2D eigenvalue weighted by atomic mass is 9.46. The molecule has 1 amide bonds. The molecule has 0 spiro atoms. The number of amides is 1. The summed E-state index contributed by atoms with van der Waals surface area (Å²) in [6.07, 6.45) is 18.6. The Hall–Kier alpha value is -1.05. The molecule has 0 aromatic heterocycles. The standard InChI is InChI=1S/C27H43NO/c1-19(2)20-12-14-23-21(18-20)13-15-24-26(23,3)16-9-17-27(24,4)25(29)28(5)22-10-7-6-8-11-22/h13,18-19,22-24H,6-12,14-17H2,1-5H3/t23-,24?,26-,27+/m1/s1. The molecule has 0 aromatic rings. The zero-order chi connectivity index (χ0) is 20.8. The van der Waals surface area contributed by atoms with Gasteiger partial charge in [0.25, 0.3) is 0 Å². The van der Waals surface area contributed by atoms with Crippen molar-refractivity contribution in [2.24, 2.45) is 28.6 Å². The molecule has 29 heavy (non-hydrogen) atoms. The molecule has 0 N–H and O–H groups in total. The van der Waals surface area contributed by atoms with Gasteiger partial charge in [0.05, 0.1) is 5.41 Å². The third-order valence-electron chi connectivity index (χ3n) is 9.51. The molecule has 162 valence electrons. The average Bonchev–Trinajstić information content (AvgIpc) is 2.72. The van der Waals surface area contributed by atoms with Crippen LogP contribution in [0.1, 0.15) is 98.3 Å². The van der Waals surface area contributed by atoms with Gasteiger partial charge in [-0.2, -0.15) is 0 Å². The summed E-state index contributed by atoms with van der Waals surface area (Å²) in [6.45, 7) is 9.53. The number of nitrogens with zero attached hydrogens (tertiary/aromatic N) is 1. The van der Waals surface area contributed by atoms with Gasteiger partial charge in [-0.25, -0.2) is 0 Å². The van der Waals surface area contributed by atoms with Crippen LogP contribution < -0.4 is 0 Å². The molecule has 2 nitrogen and oxygen atoms in total. The second-order valence-electron chi connectivity index (χ2n) is 11.4. The third-order valence-corrected chi connectivity index (χ3v) is 9.51. The average molecular weight is 398 g/mol. The van der Waals surface area contributed by atoms with Gasteiger partial charge < -0.3 is 4.90 Å². The zero-order valence-corrected chi connectivity index (χ0v) is 19.6. The normalized spacial score (nSPS) is 38.0. The van der Waals surface area contributed by atoms with Gasteiger partial charge in [-0.3, -0.25) is 4.79 Å². The molecule has 2 fully saturated rings. The quantitative estimate of drug-likeness (QED) is 0.506. The van der Waals surface area contributed by atoms with Gasteiger partial charge in [-0.05, 0) is 73.7 Å². The Morgan fingerprint density at radius 1 is 1.07 bits per heavy atom. The molecule has 0 radical (unpaired) electrons. The third kappa shape index (κ3) is 3.53. The zero-order valence-electron chi connectivity index (χ0n) is 19.6. The molecule has 0 saturated heterocycles. The summed E-state index contributed by atoms with van der Waals surface area (Å²) in [4.78, 5) is 16.1. The van der Waals surface area contributed by atoms with Crippen LogP contribution >= 0.6 is 0 Å². The summed E-state index contributed by atoms with van der Waals surface area (Å²) in [5.41, 5.74) is 3.31. The molecular formula is C27H43NO. The Morgan fingerprint density at radius 3 is 2.48 bits per heavy atom. The molecule has 0 bridgehead atoms. The van der Waals surface area contributed by atoms with E-state index in [1.54, 1.807) is 11.1 Å². The number of carbonyl (C=O) groups is 1. The van der Waals surface area contributed by atoms with Crippen LogP contribution in [0.5, 0.6) is 0 Å². The first kappa shape index (κ1) is 21.2. The monoisotopic (exact) mass is 397 g/mol. The smallest absolute Gasteiger partial charge is 0.228 e. The number of hydrogen-bond donors (Lipinski definition) is 0.